The number of hydrogen-bond acceptors (Lipinski definition) is 1. The van der Waals surface area contributed by atoms with E-state index in [4.69, 9.17) is 5.11 Å². The molecule has 1 saturated carbocycles. The maximum atomic E-state index is 13.1. The predicted molar refractivity (Wildman–Crippen MR) is 63.1 cm³/mol. The molecule has 2 rings (SSSR count). The molecular formula is C14H16F2O2. The van der Waals surface area contributed by atoms with E-state index in [2.05, 4.69) is 0 Å². The normalized spacial score (nSPS) is 23.9. The van der Waals surface area contributed by atoms with Crippen molar-refractivity contribution in [1.29, 1.82) is 0 Å². The number of aliphatic carboxylic acids is 1. The van der Waals surface area contributed by atoms with E-state index < -0.39 is 17.6 Å². The molecule has 2 atom stereocenters. The summed E-state index contributed by atoms with van der Waals surface area (Å²) < 4.78 is 26.2. The summed E-state index contributed by atoms with van der Waals surface area (Å²) in [5.74, 6) is -2.40. The summed E-state index contributed by atoms with van der Waals surface area (Å²) >= 11 is 0. The van der Waals surface area contributed by atoms with E-state index in [0.717, 1.165) is 25.3 Å². The van der Waals surface area contributed by atoms with Gasteiger partial charge in [0.05, 0.1) is 5.92 Å². The Hall–Kier alpha value is -1.45. The molecule has 0 radical (unpaired) electrons. The monoisotopic (exact) mass is 254 g/mol. The standard InChI is InChI=1S/C14H16F2O2/c15-11-6-9(7-12(16)8-11)5-10-3-1-2-4-13(10)14(17)18/h6-8,10,13H,1-5H2,(H,17,18). The number of hydrogen-bond donors (Lipinski definition) is 1. The third-order valence-corrected chi connectivity index (χ3v) is 3.65. The molecule has 4 heteroatoms. The molecule has 98 valence electrons. The van der Waals surface area contributed by atoms with Crippen LogP contribution >= 0.6 is 0 Å². The van der Waals surface area contributed by atoms with Crippen molar-refractivity contribution in [2.45, 2.75) is 32.1 Å². The second-order valence-corrected chi connectivity index (χ2v) is 4.97. The van der Waals surface area contributed by atoms with Gasteiger partial charge < -0.3 is 5.11 Å². The molecule has 1 N–H and O–H groups in total. The van der Waals surface area contributed by atoms with Crippen LogP contribution in [-0.2, 0) is 11.2 Å². The number of carbonyl (C=O) groups is 1. The molecule has 2 nitrogen and oxygen atoms in total. The first-order valence-electron chi connectivity index (χ1n) is 6.24. The van der Waals surface area contributed by atoms with Crippen LogP contribution in [0, 0.1) is 23.5 Å². The Morgan fingerprint density at radius 2 is 1.78 bits per heavy atom. The van der Waals surface area contributed by atoms with Crippen molar-refractivity contribution in [3.05, 3.63) is 35.4 Å². The first-order chi connectivity index (χ1) is 8.56. The largest absolute Gasteiger partial charge is 0.481 e. The lowest BCUT2D eigenvalue weighted by Crippen LogP contribution is -2.28. The van der Waals surface area contributed by atoms with E-state index in [0.29, 0.717) is 18.4 Å². The highest BCUT2D eigenvalue weighted by Crippen LogP contribution is 2.33. The van der Waals surface area contributed by atoms with Gasteiger partial charge in [-0.25, -0.2) is 8.78 Å². The Morgan fingerprint density at radius 1 is 1.17 bits per heavy atom. The SMILES string of the molecule is O=C(O)C1CCCCC1Cc1cc(F)cc(F)c1. The zero-order valence-corrected chi connectivity index (χ0v) is 10.0. The Labute approximate surface area is 105 Å². The summed E-state index contributed by atoms with van der Waals surface area (Å²) in [7, 11) is 0. The fourth-order valence-corrected chi connectivity index (χ4v) is 2.81. The number of benzene rings is 1. The maximum absolute atomic E-state index is 13.1. The van der Waals surface area contributed by atoms with Crippen molar-refractivity contribution in [2.24, 2.45) is 11.8 Å². The molecule has 0 heterocycles. The van der Waals surface area contributed by atoms with Gasteiger partial charge >= 0.3 is 5.97 Å². The van der Waals surface area contributed by atoms with E-state index in [1.807, 2.05) is 0 Å². The van der Waals surface area contributed by atoms with Gasteiger partial charge in [-0.2, -0.15) is 0 Å². The molecular weight excluding hydrogens is 238 g/mol. The Bertz CT molecular complexity index is 425. The summed E-state index contributed by atoms with van der Waals surface area (Å²) in [5, 5.41) is 9.15. The van der Waals surface area contributed by atoms with Gasteiger partial charge in [-0.15, -0.1) is 0 Å². The number of rotatable bonds is 3. The lowest BCUT2D eigenvalue weighted by molar-refractivity contribution is -0.144. The molecule has 1 aromatic rings. The van der Waals surface area contributed by atoms with Crippen LogP contribution in [0.3, 0.4) is 0 Å². The lowest BCUT2D eigenvalue weighted by atomic mass is 9.76. The second-order valence-electron chi connectivity index (χ2n) is 4.97. The Balaban J connectivity index is 2.13. The summed E-state index contributed by atoms with van der Waals surface area (Å²) in [6.45, 7) is 0. The van der Waals surface area contributed by atoms with Gasteiger partial charge in [0.15, 0.2) is 0 Å². The number of halogens is 2. The average molecular weight is 254 g/mol. The Morgan fingerprint density at radius 3 is 2.39 bits per heavy atom. The van der Waals surface area contributed by atoms with Gasteiger partial charge in [0.25, 0.3) is 0 Å². The molecule has 0 aromatic heterocycles. The number of carboxylic acid groups (broad SMARTS) is 1. The van der Waals surface area contributed by atoms with Crippen molar-refractivity contribution < 1.29 is 18.7 Å². The predicted octanol–water partition coefficient (Wildman–Crippen LogP) is 3.40. The van der Waals surface area contributed by atoms with Crippen LogP contribution in [0.2, 0.25) is 0 Å². The minimum atomic E-state index is -0.795. The van der Waals surface area contributed by atoms with Crippen LogP contribution < -0.4 is 0 Å². The van der Waals surface area contributed by atoms with Crippen LogP contribution in [0.15, 0.2) is 18.2 Å². The molecule has 0 bridgehead atoms. The second kappa shape index (κ2) is 5.46. The fraction of sp³-hybridized carbons (Fsp3) is 0.500. The van der Waals surface area contributed by atoms with Crippen LogP contribution in [0.4, 0.5) is 8.78 Å². The lowest BCUT2D eigenvalue weighted by Gasteiger charge is -2.28. The summed E-state index contributed by atoms with van der Waals surface area (Å²) in [5.41, 5.74) is 0.547. The van der Waals surface area contributed by atoms with Crippen molar-refractivity contribution in [1.82, 2.24) is 0 Å². The van der Waals surface area contributed by atoms with E-state index in [1.54, 1.807) is 0 Å². The van der Waals surface area contributed by atoms with Gasteiger partial charge in [-0.3, -0.25) is 4.79 Å². The van der Waals surface area contributed by atoms with E-state index in [9.17, 15) is 13.6 Å². The molecule has 18 heavy (non-hydrogen) atoms. The minimum Gasteiger partial charge on any atom is -0.481 e. The summed E-state index contributed by atoms with van der Waals surface area (Å²) in [4.78, 5) is 11.1. The smallest absolute Gasteiger partial charge is 0.306 e. The van der Waals surface area contributed by atoms with Crippen LogP contribution in [0.25, 0.3) is 0 Å². The molecule has 0 aliphatic heterocycles. The first kappa shape index (κ1) is 13.0. The van der Waals surface area contributed by atoms with Crippen molar-refractivity contribution in [3.8, 4) is 0 Å². The zero-order valence-electron chi connectivity index (χ0n) is 10.0. The molecule has 1 aliphatic carbocycles. The number of carboxylic acids is 1. The van der Waals surface area contributed by atoms with E-state index in [-0.39, 0.29) is 11.8 Å². The highest BCUT2D eigenvalue weighted by atomic mass is 19.1. The van der Waals surface area contributed by atoms with Gasteiger partial charge in [-0.1, -0.05) is 12.8 Å². The minimum absolute atomic E-state index is 0.0163. The van der Waals surface area contributed by atoms with Crippen LogP contribution in [0.5, 0.6) is 0 Å². The molecule has 0 amide bonds. The fourth-order valence-electron chi connectivity index (χ4n) is 2.81. The third kappa shape index (κ3) is 3.06. The topological polar surface area (TPSA) is 37.3 Å². The average Bonchev–Trinajstić information content (AvgIpc) is 2.27. The van der Waals surface area contributed by atoms with Gasteiger partial charge in [0.1, 0.15) is 11.6 Å². The highest BCUT2D eigenvalue weighted by molar-refractivity contribution is 5.70. The molecule has 0 spiro atoms. The molecule has 1 aromatic carbocycles. The van der Waals surface area contributed by atoms with Gasteiger partial charge in [0.2, 0.25) is 0 Å². The first-order valence-corrected chi connectivity index (χ1v) is 6.24. The van der Waals surface area contributed by atoms with Gasteiger partial charge in [-0.05, 0) is 42.9 Å². The third-order valence-electron chi connectivity index (χ3n) is 3.65. The van der Waals surface area contributed by atoms with Gasteiger partial charge in [0, 0.05) is 6.07 Å². The molecule has 0 saturated heterocycles. The van der Waals surface area contributed by atoms with Crippen LogP contribution in [0.1, 0.15) is 31.2 Å². The quantitative estimate of drug-likeness (QED) is 0.897. The zero-order chi connectivity index (χ0) is 13.1. The van der Waals surface area contributed by atoms with Crippen molar-refractivity contribution in [2.75, 3.05) is 0 Å². The molecule has 1 fully saturated rings. The Kier molecular flexibility index (Phi) is 3.94. The summed E-state index contributed by atoms with van der Waals surface area (Å²) in [6, 6.07) is 3.41. The van der Waals surface area contributed by atoms with E-state index in [1.165, 1.54) is 12.1 Å². The molecule has 1 aliphatic rings. The van der Waals surface area contributed by atoms with Crippen LogP contribution in [-0.4, -0.2) is 11.1 Å². The molecule has 2 unspecified atom stereocenters. The highest BCUT2D eigenvalue weighted by Gasteiger charge is 2.30. The summed E-state index contributed by atoms with van der Waals surface area (Å²) in [6.07, 6.45) is 3.83. The van der Waals surface area contributed by atoms with Crippen molar-refractivity contribution >= 4 is 5.97 Å². The van der Waals surface area contributed by atoms with E-state index >= 15 is 0 Å². The maximum Gasteiger partial charge on any atom is 0.306 e. The van der Waals surface area contributed by atoms with Crippen molar-refractivity contribution in [3.63, 3.8) is 0 Å².